The lowest BCUT2D eigenvalue weighted by Crippen LogP contribution is -2.49. The molecule has 0 atom stereocenters. The third-order valence-electron chi connectivity index (χ3n) is 4.75. The highest BCUT2D eigenvalue weighted by Gasteiger charge is 2.21. The smallest absolute Gasteiger partial charge is 0.233 e. The van der Waals surface area contributed by atoms with Gasteiger partial charge in [0.1, 0.15) is 5.82 Å². The van der Waals surface area contributed by atoms with Crippen LogP contribution >= 0.6 is 23.4 Å². The van der Waals surface area contributed by atoms with Crippen LogP contribution in [0.4, 0.5) is 5.82 Å². The monoisotopic (exact) mass is 397 g/mol. The van der Waals surface area contributed by atoms with E-state index in [0.29, 0.717) is 10.8 Å². The van der Waals surface area contributed by atoms with Gasteiger partial charge in [-0.2, -0.15) is 0 Å². The van der Waals surface area contributed by atoms with E-state index in [0.717, 1.165) is 36.9 Å². The van der Waals surface area contributed by atoms with E-state index >= 15 is 0 Å². The van der Waals surface area contributed by atoms with Crippen molar-refractivity contribution in [3.63, 3.8) is 0 Å². The number of carbonyl (C=O) groups excluding carboxylic acids is 1. The molecule has 1 aromatic heterocycles. The van der Waals surface area contributed by atoms with Crippen LogP contribution in [-0.2, 0) is 4.79 Å². The van der Waals surface area contributed by atoms with Gasteiger partial charge >= 0.3 is 0 Å². The molecule has 4 nitrogen and oxygen atoms in total. The number of hydrogen-bond acceptors (Lipinski definition) is 4. The lowest BCUT2D eigenvalue weighted by Gasteiger charge is -2.35. The van der Waals surface area contributed by atoms with Gasteiger partial charge in [-0.3, -0.25) is 4.79 Å². The Hall–Kier alpha value is -2.24. The van der Waals surface area contributed by atoms with Gasteiger partial charge < -0.3 is 9.80 Å². The number of anilines is 1. The van der Waals surface area contributed by atoms with Crippen molar-refractivity contribution in [2.45, 2.75) is 4.90 Å². The first-order chi connectivity index (χ1) is 13.2. The third kappa shape index (κ3) is 4.37. The largest absolute Gasteiger partial charge is 0.353 e. The number of piperazine rings is 1. The summed E-state index contributed by atoms with van der Waals surface area (Å²) in [6.07, 6.45) is 1.66. The number of pyridine rings is 1. The fourth-order valence-electron chi connectivity index (χ4n) is 3.23. The van der Waals surface area contributed by atoms with E-state index in [1.807, 2.05) is 29.2 Å². The molecule has 4 rings (SSSR count). The van der Waals surface area contributed by atoms with Gasteiger partial charge in [0.05, 0.1) is 10.8 Å². The molecule has 2 aromatic carbocycles. The lowest BCUT2D eigenvalue weighted by atomic mass is 10.1. The van der Waals surface area contributed by atoms with Crippen LogP contribution in [0.25, 0.3) is 10.8 Å². The fraction of sp³-hybridized carbons (Fsp3) is 0.238. The summed E-state index contributed by atoms with van der Waals surface area (Å²) < 4.78 is 0. The Morgan fingerprint density at radius 1 is 1.00 bits per heavy atom. The molecular formula is C21H20ClN3OS. The van der Waals surface area contributed by atoms with Crippen LogP contribution in [0.15, 0.2) is 65.7 Å². The summed E-state index contributed by atoms with van der Waals surface area (Å²) in [7, 11) is 0. The fourth-order valence-corrected chi connectivity index (χ4v) is 4.19. The van der Waals surface area contributed by atoms with Gasteiger partial charge in [0.25, 0.3) is 0 Å². The number of aromatic nitrogens is 1. The minimum atomic E-state index is 0.192. The molecule has 6 heteroatoms. The molecular weight excluding hydrogens is 378 g/mol. The van der Waals surface area contributed by atoms with Gasteiger partial charge in [-0.25, -0.2) is 4.98 Å². The average Bonchev–Trinajstić information content (AvgIpc) is 2.72. The van der Waals surface area contributed by atoms with E-state index in [9.17, 15) is 4.79 Å². The van der Waals surface area contributed by atoms with Crippen LogP contribution in [0.3, 0.4) is 0 Å². The molecule has 1 amide bonds. The molecule has 138 valence electrons. The number of hydrogen-bond donors (Lipinski definition) is 0. The third-order valence-corrected chi connectivity index (χ3v) is 5.95. The number of amides is 1. The van der Waals surface area contributed by atoms with Crippen LogP contribution < -0.4 is 4.90 Å². The zero-order valence-electron chi connectivity index (χ0n) is 14.8. The number of rotatable bonds is 4. The summed E-state index contributed by atoms with van der Waals surface area (Å²) >= 11 is 7.50. The highest BCUT2D eigenvalue weighted by atomic mass is 35.5. The van der Waals surface area contributed by atoms with Crippen molar-refractivity contribution in [3.05, 3.63) is 65.8 Å². The van der Waals surface area contributed by atoms with E-state index in [4.69, 9.17) is 11.6 Å². The van der Waals surface area contributed by atoms with Crippen molar-refractivity contribution >= 4 is 45.9 Å². The number of carbonyl (C=O) groups is 1. The Morgan fingerprint density at radius 2 is 1.78 bits per heavy atom. The van der Waals surface area contributed by atoms with Gasteiger partial charge in [0.2, 0.25) is 5.91 Å². The molecule has 0 saturated carbocycles. The Labute approximate surface area is 168 Å². The molecule has 0 aliphatic carbocycles. The van der Waals surface area contributed by atoms with Crippen molar-refractivity contribution in [2.24, 2.45) is 0 Å². The molecule has 1 fully saturated rings. The molecule has 27 heavy (non-hydrogen) atoms. The summed E-state index contributed by atoms with van der Waals surface area (Å²) in [5.74, 6) is 1.58. The Balaban J connectivity index is 1.30. The SMILES string of the molecule is O=C(CSc1ccc2ccccc2c1)N1CCN(c2ccc(Cl)cn2)CC1. The second kappa shape index (κ2) is 8.19. The maximum Gasteiger partial charge on any atom is 0.233 e. The first-order valence-electron chi connectivity index (χ1n) is 8.95. The molecule has 1 aliphatic rings. The quantitative estimate of drug-likeness (QED) is 0.614. The van der Waals surface area contributed by atoms with E-state index in [-0.39, 0.29) is 5.91 Å². The van der Waals surface area contributed by atoms with Crippen molar-refractivity contribution < 1.29 is 4.79 Å². The Morgan fingerprint density at radius 3 is 2.52 bits per heavy atom. The second-order valence-electron chi connectivity index (χ2n) is 6.50. The number of benzene rings is 2. The summed E-state index contributed by atoms with van der Waals surface area (Å²) in [6.45, 7) is 3.03. The van der Waals surface area contributed by atoms with Gasteiger partial charge in [-0.1, -0.05) is 41.9 Å². The number of nitrogens with zero attached hydrogens (tertiary/aromatic N) is 3. The molecule has 2 heterocycles. The zero-order chi connectivity index (χ0) is 18.6. The van der Waals surface area contributed by atoms with Crippen molar-refractivity contribution in [2.75, 3.05) is 36.8 Å². The lowest BCUT2D eigenvalue weighted by molar-refractivity contribution is -0.128. The Bertz CT molecular complexity index is 940. The molecule has 0 bridgehead atoms. The van der Waals surface area contributed by atoms with Gasteiger partial charge in [0, 0.05) is 37.3 Å². The second-order valence-corrected chi connectivity index (χ2v) is 7.99. The highest BCUT2D eigenvalue weighted by Crippen LogP contribution is 2.24. The number of thioether (sulfide) groups is 1. The summed E-state index contributed by atoms with van der Waals surface area (Å²) in [5.41, 5.74) is 0. The van der Waals surface area contributed by atoms with E-state index in [2.05, 4.69) is 40.2 Å². The average molecular weight is 398 g/mol. The minimum Gasteiger partial charge on any atom is -0.353 e. The number of halogens is 1. The predicted molar refractivity (Wildman–Crippen MR) is 113 cm³/mol. The summed E-state index contributed by atoms with van der Waals surface area (Å²) in [4.78, 5) is 22.2. The maximum absolute atomic E-state index is 12.6. The van der Waals surface area contributed by atoms with Crippen LogP contribution in [0.2, 0.25) is 5.02 Å². The van der Waals surface area contributed by atoms with Crippen molar-refractivity contribution in [1.29, 1.82) is 0 Å². The van der Waals surface area contributed by atoms with Gasteiger partial charge in [-0.15, -0.1) is 11.8 Å². The van der Waals surface area contributed by atoms with Crippen molar-refractivity contribution in [1.82, 2.24) is 9.88 Å². The van der Waals surface area contributed by atoms with Crippen LogP contribution in [-0.4, -0.2) is 47.7 Å². The minimum absolute atomic E-state index is 0.192. The molecule has 3 aromatic rings. The van der Waals surface area contributed by atoms with Crippen LogP contribution in [0.5, 0.6) is 0 Å². The zero-order valence-corrected chi connectivity index (χ0v) is 16.4. The van der Waals surface area contributed by atoms with Gasteiger partial charge in [-0.05, 0) is 35.0 Å². The first-order valence-corrected chi connectivity index (χ1v) is 10.3. The Kier molecular flexibility index (Phi) is 5.50. The molecule has 1 aliphatic heterocycles. The van der Waals surface area contributed by atoms with E-state index in [1.165, 1.54) is 10.8 Å². The molecule has 0 radical (unpaired) electrons. The number of fused-ring (bicyclic) bond motifs is 1. The highest BCUT2D eigenvalue weighted by molar-refractivity contribution is 8.00. The normalized spacial score (nSPS) is 14.6. The van der Waals surface area contributed by atoms with Gasteiger partial charge in [0.15, 0.2) is 0 Å². The summed E-state index contributed by atoms with van der Waals surface area (Å²) in [5, 5.41) is 3.07. The van der Waals surface area contributed by atoms with Crippen molar-refractivity contribution in [3.8, 4) is 0 Å². The van der Waals surface area contributed by atoms with Crippen LogP contribution in [0, 0.1) is 0 Å². The maximum atomic E-state index is 12.6. The van der Waals surface area contributed by atoms with Crippen LogP contribution in [0.1, 0.15) is 0 Å². The molecule has 0 N–H and O–H groups in total. The van der Waals surface area contributed by atoms with E-state index < -0.39 is 0 Å². The summed E-state index contributed by atoms with van der Waals surface area (Å²) in [6, 6.07) is 18.4. The standard InChI is InChI=1S/C21H20ClN3OS/c22-18-6-8-20(23-14-18)24-9-11-25(12-10-24)21(26)15-27-19-7-5-16-3-1-2-4-17(16)13-19/h1-8,13-14H,9-12,15H2. The molecule has 1 saturated heterocycles. The first kappa shape index (κ1) is 18.1. The molecule has 0 unspecified atom stereocenters. The van der Waals surface area contributed by atoms with E-state index in [1.54, 1.807) is 18.0 Å². The predicted octanol–water partition coefficient (Wildman–Crippen LogP) is 4.33. The topological polar surface area (TPSA) is 36.4 Å². The molecule has 0 spiro atoms.